The molecule has 0 aliphatic heterocycles. The molecule has 4 rings (SSSR count). The number of anilines is 1. The minimum atomic E-state index is -0.294. The van der Waals surface area contributed by atoms with Crippen LogP contribution in [-0.2, 0) is 4.79 Å². The maximum atomic E-state index is 13.3. The smallest absolute Gasteiger partial charge is 0.266 e. The number of thiophene rings is 1. The lowest BCUT2D eigenvalue weighted by Gasteiger charge is -2.15. The molecule has 0 saturated heterocycles. The van der Waals surface area contributed by atoms with Crippen LogP contribution in [0, 0.1) is 11.3 Å². The van der Waals surface area contributed by atoms with Gasteiger partial charge in [0.05, 0.1) is 35.0 Å². The van der Waals surface area contributed by atoms with Crippen LogP contribution in [0.5, 0.6) is 5.75 Å². The Balaban J connectivity index is 1.72. The molecule has 0 aliphatic carbocycles. The number of para-hydroxylation sites is 3. The number of nitriles is 1. The summed E-state index contributed by atoms with van der Waals surface area (Å²) in [7, 11) is 1.53. The van der Waals surface area contributed by atoms with Crippen molar-refractivity contribution in [1.82, 2.24) is 9.55 Å². The molecular weight excluding hydrogens is 432 g/mol. The first-order chi connectivity index (χ1) is 15.1. The predicted octanol–water partition coefficient (Wildman–Crippen LogP) is 4.06. The topological polar surface area (TPSA) is 97.0 Å². The van der Waals surface area contributed by atoms with Crippen molar-refractivity contribution in [1.29, 1.82) is 5.26 Å². The van der Waals surface area contributed by atoms with Gasteiger partial charge in [0, 0.05) is 0 Å². The highest BCUT2D eigenvalue weighted by Gasteiger charge is 2.17. The van der Waals surface area contributed by atoms with Gasteiger partial charge < -0.3 is 10.1 Å². The fourth-order valence-corrected chi connectivity index (χ4v) is 4.58. The molecule has 0 bridgehead atoms. The lowest BCUT2D eigenvalue weighted by molar-refractivity contribution is -0.113. The zero-order chi connectivity index (χ0) is 21.8. The molecule has 2 aromatic heterocycles. The van der Waals surface area contributed by atoms with E-state index in [1.165, 1.54) is 23.0 Å². The zero-order valence-corrected chi connectivity index (χ0v) is 18.0. The third kappa shape index (κ3) is 4.17. The highest BCUT2D eigenvalue weighted by molar-refractivity contribution is 7.99. The number of nitrogens with zero attached hydrogens (tertiary/aromatic N) is 3. The first-order valence-electron chi connectivity index (χ1n) is 9.18. The average Bonchev–Trinajstić information content (AvgIpc) is 3.25. The molecular formula is C22H16N4O3S2. The van der Waals surface area contributed by atoms with Gasteiger partial charge in [-0.1, -0.05) is 36.0 Å². The summed E-state index contributed by atoms with van der Waals surface area (Å²) in [5, 5.41) is 14.9. The summed E-state index contributed by atoms with van der Waals surface area (Å²) in [6.45, 7) is 0. The normalized spacial score (nSPS) is 10.6. The van der Waals surface area contributed by atoms with E-state index in [9.17, 15) is 9.59 Å². The van der Waals surface area contributed by atoms with Gasteiger partial charge >= 0.3 is 0 Å². The molecule has 1 amide bonds. The second-order valence-corrected chi connectivity index (χ2v) is 8.19. The number of hydrogen-bond acceptors (Lipinski definition) is 7. The monoisotopic (exact) mass is 448 g/mol. The number of aromatic nitrogens is 2. The molecule has 0 aliphatic rings. The van der Waals surface area contributed by atoms with Gasteiger partial charge in [-0.25, -0.2) is 4.98 Å². The standard InChI is InChI=1S/C22H16N4O3S2/c1-29-18-9-5-4-8-17(18)26-21(28)15-6-2-3-7-16(15)24-22(26)31-13-19(27)25-20-14(12-23)10-11-30-20/h2-11H,13H2,1H3,(H,25,27). The van der Waals surface area contributed by atoms with Crippen molar-refractivity contribution in [3.05, 3.63) is 75.9 Å². The molecule has 0 atom stereocenters. The van der Waals surface area contributed by atoms with Gasteiger partial charge in [-0.15, -0.1) is 11.3 Å². The number of rotatable bonds is 6. The van der Waals surface area contributed by atoms with Gasteiger partial charge in [0.15, 0.2) is 5.16 Å². The Hall–Kier alpha value is -3.61. The molecule has 0 saturated carbocycles. The lowest BCUT2D eigenvalue weighted by Crippen LogP contribution is -2.23. The number of benzene rings is 2. The van der Waals surface area contributed by atoms with Crippen LogP contribution in [0.3, 0.4) is 0 Å². The van der Waals surface area contributed by atoms with Crippen molar-refractivity contribution in [3.63, 3.8) is 0 Å². The number of fused-ring (bicyclic) bond motifs is 1. The van der Waals surface area contributed by atoms with E-state index in [-0.39, 0.29) is 17.2 Å². The maximum Gasteiger partial charge on any atom is 0.266 e. The van der Waals surface area contributed by atoms with Crippen LogP contribution < -0.4 is 15.6 Å². The molecule has 0 radical (unpaired) electrons. The second kappa shape index (κ2) is 9.04. The fraction of sp³-hybridized carbons (Fsp3) is 0.0909. The van der Waals surface area contributed by atoms with Crippen LogP contribution in [0.15, 0.2) is 69.9 Å². The molecule has 0 spiro atoms. The van der Waals surface area contributed by atoms with Gasteiger partial charge in [-0.05, 0) is 35.7 Å². The highest BCUT2D eigenvalue weighted by atomic mass is 32.2. The minimum Gasteiger partial charge on any atom is -0.495 e. The van der Waals surface area contributed by atoms with E-state index in [4.69, 9.17) is 10.00 Å². The van der Waals surface area contributed by atoms with E-state index >= 15 is 0 Å². The van der Waals surface area contributed by atoms with E-state index in [0.717, 1.165) is 11.8 Å². The van der Waals surface area contributed by atoms with Crippen LogP contribution in [0.2, 0.25) is 0 Å². The lowest BCUT2D eigenvalue weighted by atomic mass is 10.2. The summed E-state index contributed by atoms with van der Waals surface area (Å²) >= 11 is 2.42. The number of thioether (sulfide) groups is 1. The number of methoxy groups -OCH3 is 1. The minimum absolute atomic E-state index is 0.0166. The van der Waals surface area contributed by atoms with Crippen LogP contribution in [0.25, 0.3) is 16.6 Å². The number of carbonyl (C=O) groups excluding carboxylic acids is 1. The average molecular weight is 449 g/mol. The van der Waals surface area contributed by atoms with E-state index in [2.05, 4.69) is 10.3 Å². The molecule has 2 aromatic carbocycles. The summed E-state index contributed by atoms with van der Waals surface area (Å²) < 4.78 is 6.90. The Morgan fingerprint density at radius 1 is 1.23 bits per heavy atom. The van der Waals surface area contributed by atoms with Gasteiger partial charge in [0.1, 0.15) is 16.8 Å². The zero-order valence-electron chi connectivity index (χ0n) is 16.4. The van der Waals surface area contributed by atoms with E-state index in [1.54, 1.807) is 47.8 Å². The molecule has 2 heterocycles. The summed E-state index contributed by atoms with van der Waals surface area (Å²) in [4.78, 5) is 30.4. The van der Waals surface area contributed by atoms with Crippen molar-refractivity contribution in [2.75, 3.05) is 18.2 Å². The van der Waals surface area contributed by atoms with E-state index in [1.807, 2.05) is 18.2 Å². The van der Waals surface area contributed by atoms with Crippen molar-refractivity contribution < 1.29 is 9.53 Å². The Labute approximate surface area is 185 Å². The number of ether oxygens (including phenoxy) is 1. The summed E-state index contributed by atoms with van der Waals surface area (Å²) in [6, 6.07) is 17.9. The molecule has 7 nitrogen and oxygen atoms in total. The van der Waals surface area contributed by atoms with Crippen LogP contribution in [-0.4, -0.2) is 28.3 Å². The number of hydrogen-bond donors (Lipinski definition) is 1. The molecule has 1 N–H and O–H groups in total. The quantitative estimate of drug-likeness (QED) is 0.353. The number of amides is 1. The first-order valence-corrected chi connectivity index (χ1v) is 11.0. The van der Waals surface area contributed by atoms with Gasteiger partial charge in [-0.2, -0.15) is 5.26 Å². The Kier molecular flexibility index (Phi) is 6.02. The first kappa shape index (κ1) is 20.7. The van der Waals surface area contributed by atoms with E-state index < -0.39 is 0 Å². The number of carbonyl (C=O) groups is 1. The predicted molar refractivity (Wildman–Crippen MR) is 122 cm³/mol. The fourth-order valence-electron chi connectivity index (χ4n) is 3.02. The van der Waals surface area contributed by atoms with Crippen LogP contribution in [0.4, 0.5) is 5.00 Å². The van der Waals surface area contributed by atoms with Crippen LogP contribution >= 0.6 is 23.1 Å². The van der Waals surface area contributed by atoms with Crippen molar-refractivity contribution in [3.8, 4) is 17.5 Å². The SMILES string of the molecule is COc1ccccc1-n1c(SCC(=O)Nc2sccc2C#N)nc2ccccc2c1=O. The maximum absolute atomic E-state index is 13.3. The Morgan fingerprint density at radius 2 is 2.00 bits per heavy atom. The molecule has 0 unspecified atom stereocenters. The van der Waals surface area contributed by atoms with E-state index in [0.29, 0.717) is 38.1 Å². The largest absolute Gasteiger partial charge is 0.495 e. The third-order valence-corrected chi connectivity index (χ3v) is 6.21. The Bertz CT molecular complexity index is 1370. The van der Waals surface area contributed by atoms with Gasteiger partial charge in [-0.3, -0.25) is 14.2 Å². The number of nitrogens with one attached hydrogen (secondary N) is 1. The van der Waals surface area contributed by atoms with Crippen molar-refractivity contribution in [2.24, 2.45) is 0 Å². The molecule has 31 heavy (non-hydrogen) atoms. The molecule has 4 aromatic rings. The summed E-state index contributed by atoms with van der Waals surface area (Å²) in [6.07, 6.45) is 0. The third-order valence-electron chi connectivity index (χ3n) is 4.44. The molecule has 154 valence electrons. The van der Waals surface area contributed by atoms with Crippen molar-refractivity contribution in [2.45, 2.75) is 5.16 Å². The molecule has 9 heteroatoms. The highest BCUT2D eigenvalue weighted by Crippen LogP contribution is 2.28. The van der Waals surface area contributed by atoms with Crippen LogP contribution in [0.1, 0.15) is 5.56 Å². The Morgan fingerprint density at radius 3 is 2.81 bits per heavy atom. The summed E-state index contributed by atoms with van der Waals surface area (Å²) in [5.41, 5.74) is 1.26. The van der Waals surface area contributed by atoms with Gasteiger partial charge in [0.2, 0.25) is 5.91 Å². The summed E-state index contributed by atoms with van der Waals surface area (Å²) in [5.74, 6) is 0.242. The van der Waals surface area contributed by atoms with Gasteiger partial charge in [0.25, 0.3) is 5.56 Å². The van der Waals surface area contributed by atoms with Crippen molar-refractivity contribution >= 4 is 44.9 Å². The second-order valence-electron chi connectivity index (χ2n) is 6.34. The molecule has 0 fully saturated rings.